The van der Waals surface area contributed by atoms with Crippen molar-refractivity contribution in [1.82, 2.24) is 14.9 Å². The molecule has 2 aromatic carbocycles. The predicted molar refractivity (Wildman–Crippen MR) is 129 cm³/mol. The van der Waals surface area contributed by atoms with E-state index in [-0.39, 0.29) is 22.2 Å². The Hall–Kier alpha value is -3.93. The zero-order valence-electron chi connectivity index (χ0n) is 19.5. The fourth-order valence-electron chi connectivity index (χ4n) is 4.06. The van der Waals surface area contributed by atoms with E-state index in [4.69, 9.17) is 18.7 Å². The molecule has 0 amide bonds. The number of rotatable bonds is 9. The molecule has 35 heavy (non-hydrogen) atoms. The summed E-state index contributed by atoms with van der Waals surface area (Å²) in [7, 11) is 0.160. The molecule has 3 heterocycles. The van der Waals surface area contributed by atoms with Crippen molar-refractivity contribution in [2.24, 2.45) is 0 Å². The first kappa shape index (κ1) is 22.8. The Morgan fingerprint density at radius 2 is 1.74 bits per heavy atom. The molecule has 4 aromatic rings. The van der Waals surface area contributed by atoms with Crippen LogP contribution in [0.1, 0.15) is 12.0 Å². The molecular weight excluding hydrogens is 474 g/mol. The van der Waals surface area contributed by atoms with E-state index in [1.54, 1.807) is 35.1 Å². The number of benzene rings is 2. The number of fused-ring (bicyclic) bond motifs is 1. The Morgan fingerprint density at radius 3 is 2.31 bits per heavy atom. The van der Waals surface area contributed by atoms with Crippen molar-refractivity contribution in [2.75, 3.05) is 44.0 Å². The zero-order valence-corrected chi connectivity index (χ0v) is 20.3. The summed E-state index contributed by atoms with van der Waals surface area (Å²) in [6.07, 6.45) is 4.61. The molecule has 0 unspecified atom stereocenters. The Balaban J connectivity index is 1.53. The van der Waals surface area contributed by atoms with Crippen LogP contribution in [-0.2, 0) is 16.6 Å². The molecule has 0 atom stereocenters. The highest BCUT2D eigenvalue weighted by atomic mass is 32.2. The number of hydrogen-bond donors (Lipinski definition) is 1. The lowest BCUT2D eigenvalue weighted by Crippen LogP contribution is -2.37. The van der Waals surface area contributed by atoms with Crippen LogP contribution in [-0.4, -0.2) is 57.8 Å². The van der Waals surface area contributed by atoms with Crippen LogP contribution in [0.25, 0.3) is 11.0 Å². The van der Waals surface area contributed by atoms with Crippen LogP contribution in [0.3, 0.4) is 0 Å². The van der Waals surface area contributed by atoms with E-state index in [1.165, 1.54) is 21.3 Å². The van der Waals surface area contributed by atoms with Gasteiger partial charge in [0, 0.05) is 43.3 Å². The van der Waals surface area contributed by atoms with Gasteiger partial charge in [-0.3, -0.25) is 9.40 Å². The van der Waals surface area contributed by atoms with Crippen LogP contribution in [0.2, 0.25) is 0 Å². The molecule has 0 spiro atoms. The molecule has 0 aliphatic carbocycles. The molecule has 0 bridgehead atoms. The molecule has 5 rings (SSSR count). The molecule has 1 N–H and O–H groups in total. The lowest BCUT2D eigenvalue weighted by Gasteiger charge is -2.33. The van der Waals surface area contributed by atoms with E-state index in [0.717, 1.165) is 30.8 Å². The highest BCUT2D eigenvalue weighted by Gasteiger charge is 2.30. The molecule has 0 radical (unpaired) electrons. The third kappa shape index (κ3) is 4.20. The molecule has 1 aliphatic heterocycles. The van der Waals surface area contributed by atoms with Gasteiger partial charge in [0.15, 0.2) is 16.3 Å². The van der Waals surface area contributed by atoms with Gasteiger partial charge in [0.25, 0.3) is 10.0 Å². The fraction of sp³-hybridized carbons (Fsp3) is 0.304. The second-order valence-corrected chi connectivity index (χ2v) is 9.65. The average molecular weight is 500 g/mol. The van der Waals surface area contributed by atoms with Gasteiger partial charge in [-0.15, -0.1) is 0 Å². The number of ether oxygens (including phenoxy) is 3. The van der Waals surface area contributed by atoms with Crippen molar-refractivity contribution in [3.63, 3.8) is 0 Å². The van der Waals surface area contributed by atoms with Crippen molar-refractivity contribution in [1.29, 1.82) is 0 Å². The van der Waals surface area contributed by atoms with Crippen LogP contribution in [0.15, 0.2) is 52.1 Å². The molecule has 2 aromatic heterocycles. The number of methoxy groups -OCH3 is 3. The van der Waals surface area contributed by atoms with Crippen LogP contribution < -0.4 is 23.8 Å². The number of sulfonamides is 1. The molecule has 1 fully saturated rings. The van der Waals surface area contributed by atoms with Crippen LogP contribution in [0, 0.1) is 0 Å². The molecule has 12 heteroatoms. The van der Waals surface area contributed by atoms with E-state index in [0.29, 0.717) is 23.3 Å². The van der Waals surface area contributed by atoms with Crippen LogP contribution in [0.4, 0.5) is 11.5 Å². The summed E-state index contributed by atoms with van der Waals surface area (Å²) in [5.74, 6) is 0.745. The zero-order chi connectivity index (χ0) is 24.6. The quantitative estimate of drug-likeness (QED) is 0.370. The topological polar surface area (TPSA) is 121 Å². The maximum atomic E-state index is 13.5. The summed E-state index contributed by atoms with van der Waals surface area (Å²) in [5, 5.41) is 8.58. The first-order valence-corrected chi connectivity index (χ1v) is 12.4. The molecule has 1 aliphatic rings. The molecular formula is C23H25N5O6S. The first-order chi connectivity index (χ1) is 16.9. The summed E-state index contributed by atoms with van der Waals surface area (Å²) >= 11 is 0. The van der Waals surface area contributed by atoms with Crippen molar-refractivity contribution < 1.29 is 27.2 Å². The molecule has 1 saturated heterocycles. The van der Waals surface area contributed by atoms with Gasteiger partial charge in [-0.25, -0.2) is 8.42 Å². The summed E-state index contributed by atoms with van der Waals surface area (Å²) in [6.45, 7) is 2.27. The van der Waals surface area contributed by atoms with Crippen molar-refractivity contribution >= 4 is 32.5 Å². The standard InChI is InChI=1S/C23H25N5O6S/c1-31-17-10-15(14-28-9-4-6-24-28)11-18-21(17)23(25-34-18)26-35(29,30)22-19(32-2)12-16(13-20(22)33-3)27-7-5-8-27/h4,6,9-13H,5,7-8,14H2,1-3H3,(H,25,26). The highest BCUT2D eigenvalue weighted by Crippen LogP contribution is 2.41. The highest BCUT2D eigenvalue weighted by molar-refractivity contribution is 7.93. The van der Waals surface area contributed by atoms with E-state index in [9.17, 15) is 8.42 Å². The third-order valence-corrected chi connectivity index (χ3v) is 7.29. The fourth-order valence-corrected chi connectivity index (χ4v) is 5.37. The molecule has 184 valence electrons. The Kier molecular flexibility index (Phi) is 5.89. The Bertz CT molecular complexity index is 1440. The van der Waals surface area contributed by atoms with Crippen molar-refractivity contribution in [3.05, 3.63) is 48.3 Å². The van der Waals surface area contributed by atoms with E-state index in [2.05, 4.69) is 19.9 Å². The number of nitrogens with zero attached hydrogens (tertiary/aromatic N) is 4. The number of hydrogen-bond acceptors (Lipinski definition) is 9. The van der Waals surface area contributed by atoms with Gasteiger partial charge in [-0.1, -0.05) is 5.16 Å². The lowest BCUT2D eigenvalue weighted by atomic mass is 10.1. The number of anilines is 2. The lowest BCUT2D eigenvalue weighted by molar-refractivity contribution is 0.373. The van der Waals surface area contributed by atoms with Crippen LogP contribution >= 0.6 is 0 Å². The Morgan fingerprint density at radius 1 is 1.03 bits per heavy atom. The minimum atomic E-state index is -4.18. The summed E-state index contributed by atoms with van der Waals surface area (Å²) in [5.41, 5.74) is 2.06. The normalized spacial score (nSPS) is 13.5. The second-order valence-electron chi connectivity index (χ2n) is 8.03. The SMILES string of the molecule is COc1cc(N2CCC2)cc(OC)c1S(=O)(=O)Nc1noc2cc(Cn3cccn3)cc(OC)c12. The van der Waals surface area contributed by atoms with Gasteiger partial charge < -0.3 is 23.6 Å². The predicted octanol–water partition coefficient (Wildman–Crippen LogP) is 3.11. The van der Waals surface area contributed by atoms with Gasteiger partial charge in [0.2, 0.25) is 0 Å². The summed E-state index contributed by atoms with van der Waals surface area (Å²) in [6, 6.07) is 8.78. The monoisotopic (exact) mass is 499 g/mol. The van der Waals surface area contributed by atoms with Crippen LogP contribution in [0.5, 0.6) is 17.2 Å². The van der Waals surface area contributed by atoms with Gasteiger partial charge in [-0.2, -0.15) is 5.10 Å². The van der Waals surface area contributed by atoms with Gasteiger partial charge >= 0.3 is 0 Å². The maximum absolute atomic E-state index is 13.5. The average Bonchev–Trinajstić information content (AvgIpc) is 3.46. The summed E-state index contributed by atoms with van der Waals surface area (Å²) in [4.78, 5) is 1.99. The minimum absolute atomic E-state index is 0.00147. The van der Waals surface area contributed by atoms with Crippen molar-refractivity contribution in [3.8, 4) is 17.2 Å². The number of nitrogens with one attached hydrogen (secondary N) is 1. The van der Waals surface area contributed by atoms with Gasteiger partial charge in [0.1, 0.15) is 22.6 Å². The van der Waals surface area contributed by atoms with Gasteiger partial charge in [0.05, 0.1) is 27.9 Å². The van der Waals surface area contributed by atoms with Crippen molar-refractivity contribution in [2.45, 2.75) is 17.9 Å². The first-order valence-electron chi connectivity index (χ1n) is 10.9. The van der Waals surface area contributed by atoms with E-state index >= 15 is 0 Å². The second kappa shape index (κ2) is 9.02. The summed E-state index contributed by atoms with van der Waals surface area (Å²) < 4.78 is 53.2. The minimum Gasteiger partial charge on any atom is -0.496 e. The third-order valence-electron chi connectivity index (χ3n) is 5.89. The molecule has 0 saturated carbocycles. The maximum Gasteiger partial charge on any atom is 0.270 e. The molecule has 11 nitrogen and oxygen atoms in total. The Labute approximate surface area is 202 Å². The smallest absolute Gasteiger partial charge is 0.270 e. The van der Waals surface area contributed by atoms with E-state index in [1.807, 2.05) is 12.3 Å². The van der Waals surface area contributed by atoms with E-state index < -0.39 is 10.0 Å². The largest absolute Gasteiger partial charge is 0.496 e. The number of aromatic nitrogens is 3. The van der Waals surface area contributed by atoms with Gasteiger partial charge in [-0.05, 0) is 30.2 Å².